The number of thioether (sulfide) groups is 1. The lowest BCUT2D eigenvalue weighted by Crippen LogP contribution is -2.82. The van der Waals surface area contributed by atoms with Gasteiger partial charge in [0.15, 0.2) is 42.4 Å². The van der Waals surface area contributed by atoms with Crippen LogP contribution in [0, 0.1) is 16.7 Å². The summed E-state index contributed by atoms with van der Waals surface area (Å²) < 4.78 is 49.7. The van der Waals surface area contributed by atoms with Gasteiger partial charge in [0.1, 0.15) is 30.0 Å². The number of ether oxygens (including phenoxy) is 4. The van der Waals surface area contributed by atoms with Gasteiger partial charge in [-0.15, -0.1) is 0 Å². The molecular weight excluding hydrogens is 1120 g/mol. The molecule has 0 aromatic heterocycles. The molecule has 83 heavy (non-hydrogen) atoms. The first-order chi connectivity index (χ1) is 39.1. The minimum absolute atomic E-state index is 0.0552. The molecule has 2 N–H and O–H groups in total. The largest absolute Gasteiger partial charge is 0.459 e. The predicted molar refractivity (Wildman–Crippen MR) is 338 cm³/mol. The highest BCUT2D eigenvalue weighted by atomic mass is 32.2. The molecule has 18 heteroatoms. The number of aliphatic hydroxyl groups is 1. The molecular formula is C65H109NO13SSi3. The summed E-state index contributed by atoms with van der Waals surface area (Å²) >= 11 is 1.98. The van der Waals surface area contributed by atoms with Crippen LogP contribution in [-0.2, 0) is 56.2 Å². The van der Waals surface area contributed by atoms with Gasteiger partial charge in [-0.3, -0.25) is 19.2 Å². The number of nitrogens with one attached hydrogen (secondary N) is 1. The van der Waals surface area contributed by atoms with Gasteiger partial charge < -0.3 is 42.6 Å². The summed E-state index contributed by atoms with van der Waals surface area (Å²) in [6, 6.07) is 12.9. The number of ketones is 1. The van der Waals surface area contributed by atoms with Gasteiger partial charge >= 0.3 is 17.9 Å². The molecule has 470 valence electrons. The summed E-state index contributed by atoms with van der Waals surface area (Å²) in [4.78, 5) is 76.5. The standard InChI is InChI=1S/C65H109NO13SSi3/c1-17-82(18-2,19-3)77-49-42-50-64(44-73-50,76-46(8)67)57-59-65(72)43-48(45(7)53(62(65,12)13)55(58(70)63(49,57)14)79-83(20-4,21-5)22-6)74-60(71)56(78-81(15,16)61(9,10)11)54(47-36-30-29-31-37-47)66-51(68)38-32-25-23-27-34-40-80-41-35-28-24-26-33-39-52(69)75-59/h29-31,36-37,48-50,54-57,59,72H,17-28,32-35,38-44H2,1-16H3,(H,66,68)/t48-,49-,50+,54+,55-,56-,57-,59+,63+,64+,65+/m0/s1. The average Bonchev–Trinajstić information content (AvgIpc) is 0.702. The van der Waals surface area contributed by atoms with Crippen molar-refractivity contribution in [3.63, 3.8) is 0 Å². The molecule has 4 fully saturated rings. The number of carbonyl (C=O) groups excluding carboxylic acids is 5. The van der Waals surface area contributed by atoms with Crippen LogP contribution in [0.15, 0.2) is 41.5 Å². The minimum atomic E-state index is -2.87. The third kappa shape index (κ3) is 14.6. The molecule has 11 atom stereocenters. The van der Waals surface area contributed by atoms with Gasteiger partial charge in [0.2, 0.25) is 5.91 Å². The van der Waals surface area contributed by atoms with Crippen LogP contribution in [-0.4, -0.2) is 126 Å². The van der Waals surface area contributed by atoms with E-state index in [2.05, 4.69) is 80.7 Å². The zero-order chi connectivity index (χ0) is 61.4. The van der Waals surface area contributed by atoms with E-state index in [-0.39, 0.29) is 49.0 Å². The van der Waals surface area contributed by atoms with Gasteiger partial charge in [0.25, 0.3) is 0 Å². The summed E-state index contributed by atoms with van der Waals surface area (Å²) in [5, 5.41) is 17.7. The third-order valence-electron chi connectivity index (χ3n) is 21.4. The number of hydrogen-bond donors (Lipinski definition) is 2. The van der Waals surface area contributed by atoms with Crippen LogP contribution in [0.25, 0.3) is 0 Å². The van der Waals surface area contributed by atoms with Crippen LogP contribution in [0.4, 0.5) is 0 Å². The topological polar surface area (TPSA) is 182 Å². The van der Waals surface area contributed by atoms with E-state index in [1.807, 2.05) is 69.8 Å². The normalized spacial score (nSPS) is 32.5. The van der Waals surface area contributed by atoms with E-state index in [1.54, 1.807) is 0 Å². The number of carbonyl (C=O) groups is 5. The average molecular weight is 1230 g/mol. The molecule has 2 aliphatic heterocycles. The van der Waals surface area contributed by atoms with E-state index in [1.165, 1.54) is 6.92 Å². The maximum absolute atomic E-state index is 17.3. The molecule has 14 nitrogen and oxygen atoms in total. The molecule has 0 unspecified atom stereocenters. The molecule has 2 saturated carbocycles. The van der Waals surface area contributed by atoms with Crippen molar-refractivity contribution in [1.29, 1.82) is 0 Å². The highest BCUT2D eigenvalue weighted by molar-refractivity contribution is 7.99. The minimum Gasteiger partial charge on any atom is -0.459 e. The van der Waals surface area contributed by atoms with Gasteiger partial charge in [0, 0.05) is 38.0 Å². The Bertz CT molecular complexity index is 2390. The molecule has 2 heterocycles. The summed E-state index contributed by atoms with van der Waals surface area (Å²) in [5.41, 5.74) is -5.04. The Balaban J connectivity index is 1.66. The van der Waals surface area contributed by atoms with Crippen molar-refractivity contribution in [3.05, 3.63) is 47.0 Å². The summed E-state index contributed by atoms with van der Waals surface area (Å²) in [7, 11) is -8.25. The third-order valence-corrected chi connectivity index (χ3v) is 36.2. The second kappa shape index (κ2) is 28.6. The molecule has 5 aliphatic rings. The monoisotopic (exact) mass is 1230 g/mol. The van der Waals surface area contributed by atoms with E-state index in [4.69, 9.17) is 32.2 Å². The first-order valence-corrected chi connectivity index (χ1v) is 41.3. The molecule has 3 bridgehead atoms. The Hall–Kier alpha value is -2.69. The van der Waals surface area contributed by atoms with E-state index in [0.29, 0.717) is 47.7 Å². The molecule has 2 saturated heterocycles. The van der Waals surface area contributed by atoms with Crippen LogP contribution in [0.3, 0.4) is 0 Å². The van der Waals surface area contributed by atoms with E-state index in [9.17, 15) is 14.7 Å². The number of esters is 3. The second-order valence-corrected chi connectivity index (χ2v) is 42.8. The van der Waals surface area contributed by atoms with Gasteiger partial charge in [-0.2, -0.15) is 11.8 Å². The number of fused-ring (bicyclic) bond motifs is 6. The quantitative estimate of drug-likeness (QED) is 0.0777. The van der Waals surface area contributed by atoms with E-state index in [0.717, 1.165) is 81.0 Å². The summed E-state index contributed by atoms with van der Waals surface area (Å²) in [6.07, 6.45) is 2.58. The molecule has 1 aromatic rings. The van der Waals surface area contributed by atoms with Crippen molar-refractivity contribution < 1.29 is 61.3 Å². The molecule has 6 rings (SSSR count). The SMILES string of the molecule is CC[Si](CC)(CC)O[C@@H]1C(=O)[C@]2(C)[C@@H](O[Si](CC)(CC)CC)C[C@H]3OC[C@]3(OC(C)=O)[C@H]2[C@H]2OC(=O)CCCCCCCSCCCCCCCC(=O)N[C@H](c3ccccc3)[C@H](O[Si](C)(C)C(C)(C)C)C(=O)O[C@H]3C[C@]2(O)C(C)(C)C1=C3C. The van der Waals surface area contributed by atoms with Gasteiger partial charge in [-0.05, 0) is 122 Å². The van der Waals surface area contributed by atoms with Gasteiger partial charge in [-0.1, -0.05) is 145 Å². The first kappa shape index (κ1) is 69.4. The molecule has 1 aromatic carbocycles. The Morgan fingerprint density at radius 2 is 1.30 bits per heavy atom. The Morgan fingerprint density at radius 1 is 0.759 bits per heavy atom. The number of Topliss-reactive ketones (excluding diaryl/α,β-unsaturated/α-hetero) is 1. The van der Waals surface area contributed by atoms with Gasteiger partial charge in [-0.25, -0.2) is 4.79 Å². The lowest BCUT2D eigenvalue weighted by molar-refractivity contribution is -0.346. The van der Waals surface area contributed by atoms with Crippen molar-refractivity contribution in [1.82, 2.24) is 5.32 Å². The maximum Gasteiger partial charge on any atom is 0.337 e. The van der Waals surface area contributed by atoms with Crippen molar-refractivity contribution in [2.45, 2.75) is 295 Å². The number of benzene rings is 1. The van der Waals surface area contributed by atoms with Crippen LogP contribution in [0.5, 0.6) is 0 Å². The zero-order valence-corrected chi connectivity index (χ0v) is 57.8. The molecule has 1 amide bonds. The molecule has 3 aliphatic carbocycles. The highest BCUT2D eigenvalue weighted by Gasteiger charge is 2.79. The van der Waals surface area contributed by atoms with Crippen molar-refractivity contribution >= 4 is 66.3 Å². The Labute approximate surface area is 507 Å². The van der Waals surface area contributed by atoms with Crippen LogP contribution >= 0.6 is 11.8 Å². The first-order valence-electron chi connectivity index (χ1n) is 32.2. The highest BCUT2D eigenvalue weighted by Crippen LogP contribution is 2.65. The summed E-state index contributed by atoms with van der Waals surface area (Å²) in [5.74, 6) is -1.47. The van der Waals surface area contributed by atoms with Crippen LogP contribution < -0.4 is 5.32 Å². The van der Waals surface area contributed by atoms with E-state index >= 15 is 14.4 Å². The Kier molecular flexibility index (Phi) is 24.0. The fraction of sp³-hybridized carbons (Fsp3) is 0.800. The predicted octanol–water partition coefficient (Wildman–Crippen LogP) is 14.1. The fourth-order valence-corrected chi connectivity index (χ4v) is 22.2. The lowest BCUT2D eigenvalue weighted by Gasteiger charge is -2.68. The molecule has 0 radical (unpaired) electrons. The zero-order valence-electron chi connectivity index (χ0n) is 54.0. The number of amides is 1. The maximum atomic E-state index is 17.3. The van der Waals surface area contributed by atoms with Crippen molar-refractivity contribution in [2.75, 3.05) is 18.1 Å². The lowest BCUT2D eigenvalue weighted by atomic mass is 9.44. The Morgan fingerprint density at radius 3 is 1.83 bits per heavy atom. The second-order valence-electron chi connectivity index (χ2n) is 27.4. The van der Waals surface area contributed by atoms with Gasteiger partial charge in [0.05, 0.1) is 30.1 Å². The molecule has 0 spiro atoms. The fourth-order valence-electron chi connectivity index (χ4n) is 14.3. The number of hydrogen-bond acceptors (Lipinski definition) is 14. The van der Waals surface area contributed by atoms with Crippen molar-refractivity contribution in [3.8, 4) is 0 Å². The van der Waals surface area contributed by atoms with Crippen LogP contribution in [0.1, 0.15) is 198 Å². The smallest absolute Gasteiger partial charge is 0.337 e. The van der Waals surface area contributed by atoms with Crippen LogP contribution in [0.2, 0.25) is 54.4 Å². The van der Waals surface area contributed by atoms with E-state index < -0.39 is 113 Å². The summed E-state index contributed by atoms with van der Waals surface area (Å²) in [6.45, 7) is 32.0. The van der Waals surface area contributed by atoms with Crippen molar-refractivity contribution in [2.24, 2.45) is 16.7 Å². The number of rotatable bonds is 14.